The second kappa shape index (κ2) is 8.04. The van der Waals surface area contributed by atoms with Gasteiger partial charge in [-0.15, -0.1) is 0 Å². The van der Waals surface area contributed by atoms with Crippen LogP contribution < -0.4 is 10.2 Å². The van der Waals surface area contributed by atoms with Crippen molar-refractivity contribution in [3.05, 3.63) is 23.4 Å². The van der Waals surface area contributed by atoms with Crippen LogP contribution in [-0.2, 0) is 9.53 Å². The number of amides is 2. The van der Waals surface area contributed by atoms with Gasteiger partial charge < -0.3 is 10.1 Å². The second-order valence-corrected chi connectivity index (χ2v) is 7.87. The molecule has 7 heteroatoms. The number of anilines is 1. The first-order chi connectivity index (χ1) is 11.7. The molecule has 0 aromatic carbocycles. The van der Waals surface area contributed by atoms with Crippen LogP contribution in [0.25, 0.3) is 0 Å². The van der Waals surface area contributed by atoms with Crippen molar-refractivity contribution in [3.8, 4) is 0 Å². The lowest BCUT2D eigenvalue weighted by molar-refractivity contribution is -0.123. The predicted molar refractivity (Wildman–Crippen MR) is 97.8 cm³/mol. The van der Waals surface area contributed by atoms with Crippen molar-refractivity contribution < 1.29 is 14.3 Å². The highest BCUT2D eigenvalue weighted by Crippen LogP contribution is 2.27. The summed E-state index contributed by atoms with van der Waals surface area (Å²) in [5.74, 6) is 0.429. The molecule has 0 saturated heterocycles. The zero-order valence-electron chi connectivity index (χ0n) is 15.2. The molecule has 2 atom stereocenters. The molecule has 0 unspecified atom stereocenters. The number of hydrogen-bond donors (Lipinski definition) is 1. The number of halogens is 1. The van der Waals surface area contributed by atoms with Crippen LogP contribution in [0.3, 0.4) is 0 Å². The van der Waals surface area contributed by atoms with Crippen molar-refractivity contribution in [2.24, 2.45) is 5.92 Å². The molecule has 1 aliphatic rings. The van der Waals surface area contributed by atoms with Gasteiger partial charge in [-0.3, -0.25) is 9.69 Å². The molecule has 1 saturated carbocycles. The zero-order chi connectivity index (χ0) is 18.6. The minimum atomic E-state index is -0.533. The first-order valence-electron chi connectivity index (χ1n) is 8.54. The zero-order valence-corrected chi connectivity index (χ0v) is 16.0. The fourth-order valence-electron chi connectivity index (χ4n) is 2.97. The van der Waals surface area contributed by atoms with Gasteiger partial charge in [0.25, 0.3) is 0 Å². The van der Waals surface area contributed by atoms with Gasteiger partial charge in [-0.1, -0.05) is 18.0 Å². The molecule has 25 heavy (non-hydrogen) atoms. The van der Waals surface area contributed by atoms with Gasteiger partial charge in [0.15, 0.2) is 0 Å². The molecule has 1 aromatic heterocycles. The Morgan fingerprint density at radius 1 is 1.32 bits per heavy atom. The number of aromatic nitrogens is 1. The number of carbonyl (C=O) groups excluding carboxylic acids is 2. The SMILES string of the molecule is CN(C(=O)[C@@H]1CCC[C@H](NC(=O)OC(C)(C)C)C1)c1ccc(Cl)cn1. The summed E-state index contributed by atoms with van der Waals surface area (Å²) in [6.45, 7) is 5.48. The lowest BCUT2D eigenvalue weighted by Crippen LogP contribution is -2.44. The third-order valence-corrected chi connectivity index (χ3v) is 4.35. The number of nitrogens with zero attached hydrogens (tertiary/aromatic N) is 2. The number of pyridine rings is 1. The van der Waals surface area contributed by atoms with Gasteiger partial charge >= 0.3 is 6.09 Å². The van der Waals surface area contributed by atoms with Crippen molar-refractivity contribution in [2.75, 3.05) is 11.9 Å². The quantitative estimate of drug-likeness (QED) is 0.882. The summed E-state index contributed by atoms with van der Waals surface area (Å²) in [7, 11) is 1.71. The summed E-state index contributed by atoms with van der Waals surface area (Å²) in [6, 6.07) is 3.38. The Labute approximate surface area is 153 Å². The summed E-state index contributed by atoms with van der Waals surface area (Å²) in [5, 5.41) is 3.41. The molecule has 2 rings (SSSR count). The van der Waals surface area contributed by atoms with Gasteiger partial charge in [0.2, 0.25) is 5.91 Å². The van der Waals surface area contributed by atoms with E-state index in [1.54, 1.807) is 24.1 Å². The van der Waals surface area contributed by atoms with E-state index in [0.717, 1.165) is 19.3 Å². The maximum absolute atomic E-state index is 12.8. The summed E-state index contributed by atoms with van der Waals surface area (Å²) in [4.78, 5) is 30.4. The fourth-order valence-corrected chi connectivity index (χ4v) is 3.08. The van der Waals surface area contributed by atoms with Crippen LogP contribution in [0.4, 0.5) is 10.6 Å². The van der Waals surface area contributed by atoms with Crippen molar-refractivity contribution in [1.29, 1.82) is 0 Å². The Kier molecular flexibility index (Phi) is 6.27. The normalized spacial score (nSPS) is 20.7. The maximum Gasteiger partial charge on any atom is 0.407 e. The number of hydrogen-bond acceptors (Lipinski definition) is 4. The molecular weight excluding hydrogens is 342 g/mol. The highest BCUT2D eigenvalue weighted by Gasteiger charge is 2.31. The molecule has 6 nitrogen and oxygen atoms in total. The minimum absolute atomic E-state index is 0.00510. The average molecular weight is 368 g/mol. The molecule has 1 N–H and O–H groups in total. The summed E-state index contributed by atoms with van der Waals surface area (Å²) >= 11 is 5.84. The predicted octanol–water partition coefficient (Wildman–Crippen LogP) is 3.78. The van der Waals surface area contributed by atoms with Gasteiger partial charge in [0.1, 0.15) is 11.4 Å². The molecular formula is C18H26ClN3O3. The Bertz CT molecular complexity index is 613. The Balaban J connectivity index is 1.94. The summed E-state index contributed by atoms with van der Waals surface area (Å²) < 4.78 is 5.30. The monoisotopic (exact) mass is 367 g/mol. The lowest BCUT2D eigenvalue weighted by atomic mass is 9.85. The first-order valence-corrected chi connectivity index (χ1v) is 8.92. The van der Waals surface area contributed by atoms with E-state index in [1.165, 1.54) is 6.20 Å². The molecule has 1 fully saturated rings. The topological polar surface area (TPSA) is 71.5 Å². The Morgan fingerprint density at radius 3 is 2.64 bits per heavy atom. The maximum atomic E-state index is 12.8. The van der Waals surface area contributed by atoms with Crippen molar-refractivity contribution in [3.63, 3.8) is 0 Å². The number of ether oxygens (including phenoxy) is 1. The van der Waals surface area contributed by atoms with E-state index in [4.69, 9.17) is 16.3 Å². The molecule has 1 aliphatic carbocycles. The van der Waals surface area contributed by atoms with Crippen molar-refractivity contribution >= 4 is 29.4 Å². The number of rotatable bonds is 3. The smallest absolute Gasteiger partial charge is 0.407 e. The van der Waals surface area contributed by atoms with Crippen molar-refractivity contribution in [2.45, 2.75) is 58.1 Å². The molecule has 0 aliphatic heterocycles. The van der Waals surface area contributed by atoms with Gasteiger partial charge in [-0.05, 0) is 52.2 Å². The van der Waals surface area contributed by atoms with E-state index >= 15 is 0 Å². The third-order valence-electron chi connectivity index (χ3n) is 4.13. The minimum Gasteiger partial charge on any atom is -0.444 e. The van der Waals surface area contributed by atoms with E-state index in [-0.39, 0.29) is 17.9 Å². The van der Waals surface area contributed by atoms with E-state index in [1.807, 2.05) is 20.8 Å². The lowest BCUT2D eigenvalue weighted by Gasteiger charge is -2.31. The molecule has 138 valence electrons. The summed E-state index contributed by atoms with van der Waals surface area (Å²) in [6.07, 6.45) is 4.25. The van der Waals surface area contributed by atoms with E-state index in [0.29, 0.717) is 17.3 Å². The average Bonchev–Trinajstić information content (AvgIpc) is 2.52. The van der Waals surface area contributed by atoms with Gasteiger partial charge in [-0.25, -0.2) is 9.78 Å². The Morgan fingerprint density at radius 2 is 2.04 bits per heavy atom. The van der Waals surface area contributed by atoms with Crippen LogP contribution in [0.15, 0.2) is 18.3 Å². The molecule has 0 spiro atoms. The number of alkyl carbamates (subject to hydrolysis) is 1. The van der Waals surface area contributed by atoms with Crippen LogP contribution in [0.1, 0.15) is 46.5 Å². The highest BCUT2D eigenvalue weighted by atomic mass is 35.5. The van der Waals surface area contributed by atoms with Gasteiger partial charge in [-0.2, -0.15) is 0 Å². The molecule has 0 radical (unpaired) electrons. The molecule has 1 heterocycles. The van der Waals surface area contributed by atoms with Crippen LogP contribution in [-0.4, -0.2) is 35.7 Å². The van der Waals surface area contributed by atoms with Gasteiger partial charge in [0.05, 0.1) is 5.02 Å². The summed E-state index contributed by atoms with van der Waals surface area (Å²) in [5.41, 5.74) is -0.533. The fraction of sp³-hybridized carbons (Fsp3) is 0.611. The molecule has 2 amide bonds. The largest absolute Gasteiger partial charge is 0.444 e. The van der Waals surface area contributed by atoms with E-state index in [9.17, 15) is 9.59 Å². The second-order valence-electron chi connectivity index (χ2n) is 7.44. The van der Waals surface area contributed by atoms with Crippen molar-refractivity contribution in [1.82, 2.24) is 10.3 Å². The van der Waals surface area contributed by atoms with E-state index < -0.39 is 11.7 Å². The molecule has 1 aromatic rings. The van der Waals surface area contributed by atoms with Crippen LogP contribution >= 0.6 is 11.6 Å². The van der Waals surface area contributed by atoms with E-state index in [2.05, 4.69) is 10.3 Å². The number of nitrogens with one attached hydrogen (secondary N) is 1. The van der Waals surface area contributed by atoms with Crippen LogP contribution in [0.5, 0.6) is 0 Å². The first kappa shape index (κ1) is 19.5. The highest BCUT2D eigenvalue weighted by molar-refractivity contribution is 6.30. The molecule has 0 bridgehead atoms. The Hall–Kier alpha value is -1.82. The van der Waals surface area contributed by atoms with Crippen LogP contribution in [0, 0.1) is 5.92 Å². The van der Waals surface area contributed by atoms with Crippen LogP contribution in [0.2, 0.25) is 5.02 Å². The standard InChI is InChI=1S/C18H26ClN3O3/c1-18(2,3)25-17(24)21-14-7-5-6-12(10-14)16(23)22(4)15-9-8-13(19)11-20-15/h8-9,11-12,14H,5-7,10H2,1-4H3,(H,21,24)/t12-,14+/m1/s1. The van der Waals surface area contributed by atoms with Gasteiger partial charge in [0, 0.05) is 25.2 Å². The third kappa shape index (κ3) is 5.88. The number of carbonyl (C=O) groups is 2.